The van der Waals surface area contributed by atoms with E-state index in [-0.39, 0.29) is 5.91 Å². The summed E-state index contributed by atoms with van der Waals surface area (Å²) in [5, 5.41) is 6.12. The van der Waals surface area contributed by atoms with E-state index in [9.17, 15) is 4.79 Å². The summed E-state index contributed by atoms with van der Waals surface area (Å²) in [5.74, 6) is 0.555. The molecule has 0 bridgehead atoms. The maximum Gasteiger partial charge on any atom is 0.281 e. The summed E-state index contributed by atoms with van der Waals surface area (Å²) in [6.07, 6.45) is 1.85. The molecule has 4 nitrogen and oxygen atoms in total. The highest BCUT2D eigenvalue weighted by Gasteiger charge is 2.32. The first-order valence-corrected chi connectivity index (χ1v) is 10.1. The van der Waals surface area contributed by atoms with Gasteiger partial charge in [-0.2, -0.15) is 10.1 Å². The lowest BCUT2D eigenvalue weighted by Gasteiger charge is -2.11. The van der Waals surface area contributed by atoms with E-state index in [1.54, 1.807) is 0 Å². The first-order valence-electron chi connectivity index (χ1n) is 9.35. The highest BCUT2D eigenvalue weighted by atomic mass is 79.9. The number of halogens is 1. The molecule has 1 aliphatic heterocycles. The number of hydrogen-bond acceptors (Lipinski definition) is 3. The van der Waals surface area contributed by atoms with Crippen LogP contribution >= 0.6 is 15.9 Å². The van der Waals surface area contributed by atoms with Gasteiger partial charge in [0.15, 0.2) is 0 Å². The Morgan fingerprint density at radius 3 is 2.38 bits per heavy atom. The lowest BCUT2D eigenvalue weighted by Crippen LogP contribution is -2.21. The Hall–Kier alpha value is -3.18. The van der Waals surface area contributed by atoms with Crippen molar-refractivity contribution in [3.05, 3.63) is 100 Å². The molecule has 1 amide bonds. The molecular weight excluding hydrogens is 428 g/mol. The molecule has 0 atom stereocenters. The molecule has 1 aliphatic rings. The zero-order valence-electron chi connectivity index (χ0n) is 15.9. The summed E-state index contributed by atoms with van der Waals surface area (Å²) in [6, 6.07) is 24.9. The Morgan fingerprint density at radius 1 is 1.00 bits per heavy atom. The summed E-state index contributed by atoms with van der Waals surface area (Å²) < 4.78 is 6.67. The number of carbonyl (C=O) groups is 1. The fourth-order valence-electron chi connectivity index (χ4n) is 3.17. The molecule has 0 N–H and O–H groups in total. The normalized spacial score (nSPS) is 15.0. The highest BCUT2D eigenvalue weighted by Crippen LogP contribution is 2.31. The van der Waals surface area contributed by atoms with Crippen LogP contribution in [0.15, 0.2) is 94.0 Å². The molecule has 5 heteroatoms. The fourth-order valence-corrected chi connectivity index (χ4v) is 3.55. The number of benzene rings is 3. The molecule has 0 saturated heterocycles. The second-order valence-electron chi connectivity index (χ2n) is 6.44. The molecule has 0 aromatic heterocycles. The Balaban J connectivity index is 1.85. The van der Waals surface area contributed by atoms with Gasteiger partial charge in [0.05, 0.1) is 17.9 Å². The average molecular weight is 447 g/mol. The second kappa shape index (κ2) is 8.45. The van der Waals surface area contributed by atoms with Gasteiger partial charge < -0.3 is 4.74 Å². The lowest BCUT2D eigenvalue weighted by molar-refractivity contribution is -0.114. The van der Waals surface area contributed by atoms with Crippen molar-refractivity contribution in [1.82, 2.24) is 0 Å². The number of ether oxygens (including phenoxy) is 1. The van der Waals surface area contributed by atoms with E-state index in [2.05, 4.69) is 21.0 Å². The van der Waals surface area contributed by atoms with Gasteiger partial charge in [-0.1, -0.05) is 64.5 Å². The van der Waals surface area contributed by atoms with E-state index in [4.69, 9.17) is 4.74 Å². The smallest absolute Gasteiger partial charge is 0.281 e. The van der Waals surface area contributed by atoms with Crippen molar-refractivity contribution in [2.45, 2.75) is 6.92 Å². The maximum absolute atomic E-state index is 13.3. The minimum absolute atomic E-state index is 0.169. The number of para-hydroxylation sites is 1. The molecule has 0 spiro atoms. The van der Waals surface area contributed by atoms with Gasteiger partial charge in [-0.05, 0) is 43.3 Å². The molecule has 0 unspecified atom stereocenters. The Morgan fingerprint density at radius 2 is 1.69 bits per heavy atom. The Kier molecular flexibility index (Phi) is 5.58. The molecular formula is C24H19BrN2O2. The van der Waals surface area contributed by atoms with Crippen molar-refractivity contribution < 1.29 is 9.53 Å². The Bertz CT molecular complexity index is 1090. The summed E-state index contributed by atoms with van der Waals surface area (Å²) in [5.41, 5.74) is 3.61. The number of hydrogen-bond donors (Lipinski definition) is 0. The standard InChI is InChI=1S/C24H19BrN2O2/c1-2-29-22-14-13-19(25)15-18(22)16-21-23(17-9-5-3-6-10-17)26-27(24(21)28)20-11-7-4-8-12-20/h3-16H,2H2,1H3/b21-16-. The number of hydrazone groups is 1. The lowest BCUT2D eigenvalue weighted by atomic mass is 10.00. The van der Waals surface area contributed by atoms with Gasteiger partial charge in [0.25, 0.3) is 5.91 Å². The van der Waals surface area contributed by atoms with Gasteiger partial charge >= 0.3 is 0 Å². The molecule has 4 rings (SSSR count). The van der Waals surface area contributed by atoms with Crippen LogP contribution in [0.1, 0.15) is 18.1 Å². The molecule has 3 aromatic rings. The molecule has 29 heavy (non-hydrogen) atoms. The van der Waals surface area contributed by atoms with E-state index >= 15 is 0 Å². The zero-order valence-corrected chi connectivity index (χ0v) is 17.5. The van der Waals surface area contributed by atoms with Crippen LogP contribution < -0.4 is 9.75 Å². The molecule has 144 valence electrons. The van der Waals surface area contributed by atoms with Crippen LogP contribution in [0.2, 0.25) is 0 Å². The van der Waals surface area contributed by atoms with Gasteiger partial charge in [0.1, 0.15) is 11.5 Å². The minimum Gasteiger partial charge on any atom is -0.493 e. The average Bonchev–Trinajstić information content (AvgIpc) is 3.08. The van der Waals surface area contributed by atoms with Gasteiger partial charge in [0, 0.05) is 15.6 Å². The van der Waals surface area contributed by atoms with Crippen molar-refractivity contribution in [3.8, 4) is 5.75 Å². The van der Waals surface area contributed by atoms with E-state index in [0.29, 0.717) is 17.9 Å². The largest absolute Gasteiger partial charge is 0.493 e. The topological polar surface area (TPSA) is 41.9 Å². The van der Waals surface area contributed by atoms with Crippen molar-refractivity contribution in [2.24, 2.45) is 5.10 Å². The third kappa shape index (κ3) is 4.00. The highest BCUT2D eigenvalue weighted by molar-refractivity contribution is 9.10. The van der Waals surface area contributed by atoms with Crippen molar-refractivity contribution >= 4 is 39.3 Å². The quantitative estimate of drug-likeness (QED) is 0.472. The number of nitrogens with zero attached hydrogens (tertiary/aromatic N) is 2. The van der Waals surface area contributed by atoms with Crippen LogP contribution in [0, 0.1) is 0 Å². The van der Waals surface area contributed by atoms with E-state index < -0.39 is 0 Å². The van der Waals surface area contributed by atoms with E-state index in [0.717, 1.165) is 27.0 Å². The second-order valence-corrected chi connectivity index (χ2v) is 7.36. The third-order valence-corrected chi connectivity index (χ3v) is 4.99. The number of amides is 1. The summed E-state index contributed by atoms with van der Waals surface area (Å²) in [4.78, 5) is 13.3. The third-order valence-electron chi connectivity index (χ3n) is 4.50. The molecule has 3 aromatic carbocycles. The van der Waals surface area contributed by atoms with Gasteiger partial charge in [-0.25, -0.2) is 0 Å². The summed E-state index contributed by atoms with van der Waals surface area (Å²) in [7, 11) is 0. The molecule has 1 heterocycles. The minimum atomic E-state index is -0.169. The SMILES string of the molecule is CCOc1ccc(Br)cc1/C=C1\C(=O)N(c2ccccc2)N=C1c1ccccc1. The predicted molar refractivity (Wildman–Crippen MR) is 120 cm³/mol. The summed E-state index contributed by atoms with van der Waals surface area (Å²) in [6.45, 7) is 2.48. The molecule has 0 saturated carbocycles. The molecule has 0 fully saturated rings. The van der Waals surface area contributed by atoms with Crippen LogP contribution in [0.5, 0.6) is 5.75 Å². The van der Waals surface area contributed by atoms with Crippen LogP contribution in [0.3, 0.4) is 0 Å². The van der Waals surface area contributed by atoms with Crippen LogP contribution in [-0.4, -0.2) is 18.2 Å². The van der Waals surface area contributed by atoms with Crippen LogP contribution in [0.25, 0.3) is 6.08 Å². The molecule has 0 aliphatic carbocycles. The first-order chi connectivity index (χ1) is 14.2. The monoisotopic (exact) mass is 446 g/mol. The Labute approximate surface area is 178 Å². The first kappa shape index (κ1) is 19.2. The van der Waals surface area contributed by atoms with E-state index in [1.807, 2.05) is 91.9 Å². The fraction of sp³-hybridized carbons (Fsp3) is 0.0833. The number of rotatable bonds is 5. The summed E-state index contributed by atoms with van der Waals surface area (Å²) >= 11 is 3.51. The number of carbonyl (C=O) groups excluding carboxylic acids is 1. The van der Waals surface area contributed by atoms with Gasteiger partial charge in [0.2, 0.25) is 0 Å². The molecule has 0 radical (unpaired) electrons. The van der Waals surface area contributed by atoms with E-state index in [1.165, 1.54) is 5.01 Å². The van der Waals surface area contributed by atoms with Crippen LogP contribution in [0.4, 0.5) is 5.69 Å². The van der Waals surface area contributed by atoms with Crippen molar-refractivity contribution in [3.63, 3.8) is 0 Å². The van der Waals surface area contributed by atoms with Crippen molar-refractivity contribution in [1.29, 1.82) is 0 Å². The van der Waals surface area contributed by atoms with Crippen molar-refractivity contribution in [2.75, 3.05) is 11.6 Å². The van der Waals surface area contributed by atoms with Gasteiger partial charge in [-0.3, -0.25) is 4.79 Å². The predicted octanol–water partition coefficient (Wildman–Crippen LogP) is 5.68. The number of anilines is 1. The van der Waals surface area contributed by atoms with Crippen LogP contribution in [-0.2, 0) is 4.79 Å². The maximum atomic E-state index is 13.3. The zero-order chi connectivity index (χ0) is 20.2. The van der Waals surface area contributed by atoms with Gasteiger partial charge in [-0.15, -0.1) is 0 Å².